The molecule has 3 atom stereocenters. The summed E-state index contributed by atoms with van der Waals surface area (Å²) in [6.07, 6.45) is 0.341. The number of primary amides is 1. The fourth-order valence-electron chi connectivity index (χ4n) is 4.61. The fraction of sp³-hybridized carbons (Fsp3) is 0.290. The molecule has 4 amide bonds. The van der Waals surface area contributed by atoms with E-state index in [2.05, 4.69) is 16.0 Å². The highest BCUT2D eigenvalue weighted by Gasteiger charge is 2.27. The molecule has 0 heterocycles. The number of carbonyl (C=O) groups excluding carboxylic acids is 4. The lowest BCUT2D eigenvalue weighted by molar-refractivity contribution is -0.132. The lowest BCUT2D eigenvalue weighted by atomic mass is 9.94. The van der Waals surface area contributed by atoms with E-state index in [1.54, 1.807) is 12.1 Å². The van der Waals surface area contributed by atoms with Gasteiger partial charge in [0, 0.05) is 6.42 Å². The van der Waals surface area contributed by atoms with E-state index in [4.69, 9.17) is 11.5 Å². The van der Waals surface area contributed by atoms with Crippen LogP contribution >= 0.6 is 0 Å². The summed E-state index contributed by atoms with van der Waals surface area (Å²) >= 11 is 0. The van der Waals surface area contributed by atoms with Crippen LogP contribution in [0.4, 0.5) is 0 Å². The second-order valence-electron chi connectivity index (χ2n) is 10.1. The predicted molar refractivity (Wildman–Crippen MR) is 157 cm³/mol. The summed E-state index contributed by atoms with van der Waals surface area (Å²) in [7, 11) is 0. The first-order valence-corrected chi connectivity index (χ1v) is 13.3. The molecule has 0 aliphatic rings. The molecule has 3 rings (SSSR count). The molecular weight excluding hydrogens is 522 g/mol. The normalized spacial score (nSPS) is 13.0. The number of aryl methyl sites for hydroxylation is 2. The van der Waals surface area contributed by atoms with Crippen LogP contribution in [-0.4, -0.2) is 53.4 Å². The van der Waals surface area contributed by atoms with Crippen molar-refractivity contribution >= 4 is 23.6 Å². The van der Waals surface area contributed by atoms with Crippen LogP contribution in [0.5, 0.6) is 5.75 Å². The van der Waals surface area contributed by atoms with E-state index in [1.165, 1.54) is 6.92 Å². The molecule has 0 spiro atoms. The summed E-state index contributed by atoms with van der Waals surface area (Å²) in [5.41, 5.74) is 16.4. The van der Waals surface area contributed by atoms with Gasteiger partial charge in [0.05, 0.1) is 12.6 Å². The van der Waals surface area contributed by atoms with Gasteiger partial charge in [0.25, 0.3) is 0 Å². The third kappa shape index (κ3) is 8.64. The van der Waals surface area contributed by atoms with Gasteiger partial charge in [-0.25, -0.2) is 0 Å². The number of rotatable bonds is 12. The molecule has 41 heavy (non-hydrogen) atoms. The molecule has 216 valence electrons. The second kappa shape index (κ2) is 14.1. The van der Waals surface area contributed by atoms with Crippen LogP contribution in [0.25, 0.3) is 11.1 Å². The Morgan fingerprint density at radius 3 is 2.07 bits per heavy atom. The minimum atomic E-state index is -1.05. The average molecular weight is 560 g/mol. The van der Waals surface area contributed by atoms with E-state index >= 15 is 0 Å². The van der Waals surface area contributed by atoms with Crippen LogP contribution in [0.15, 0.2) is 66.7 Å². The van der Waals surface area contributed by atoms with Gasteiger partial charge in [-0.1, -0.05) is 54.6 Å². The smallest absolute Gasteiger partial charge is 0.243 e. The highest BCUT2D eigenvalue weighted by Crippen LogP contribution is 2.25. The van der Waals surface area contributed by atoms with Crippen LogP contribution in [-0.2, 0) is 32.0 Å². The molecular formula is C31H37N5O5. The Morgan fingerprint density at radius 1 is 0.829 bits per heavy atom. The molecule has 0 aromatic heterocycles. The van der Waals surface area contributed by atoms with Crippen LogP contribution in [0.2, 0.25) is 0 Å². The molecule has 10 nitrogen and oxygen atoms in total. The molecule has 8 N–H and O–H groups in total. The topological polar surface area (TPSA) is 177 Å². The highest BCUT2D eigenvalue weighted by atomic mass is 16.3. The lowest BCUT2D eigenvalue weighted by Crippen LogP contribution is -2.56. The van der Waals surface area contributed by atoms with Crippen LogP contribution in [0.1, 0.15) is 29.2 Å². The van der Waals surface area contributed by atoms with Crippen molar-refractivity contribution < 1.29 is 24.3 Å². The Morgan fingerprint density at radius 2 is 1.44 bits per heavy atom. The van der Waals surface area contributed by atoms with Gasteiger partial charge in [-0.15, -0.1) is 0 Å². The Labute approximate surface area is 239 Å². The van der Waals surface area contributed by atoms with E-state index < -0.39 is 41.8 Å². The first-order chi connectivity index (χ1) is 19.5. The summed E-state index contributed by atoms with van der Waals surface area (Å²) in [4.78, 5) is 50.3. The number of carbonyl (C=O) groups is 4. The molecule has 0 radical (unpaired) electrons. The second-order valence-corrected chi connectivity index (χ2v) is 10.1. The third-order valence-corrected chi connectivity index (χ3v) is 6.79. The largest absolute Gasteiger partial charge is 0.508 e. The lowest BCUT2D eigenvalue weighted by Gasteiger charge is -2.23. The molecule has 3 aromatic carbocycles. The number of phenols is 1. The zero-order chi connectivity index (χ0) is 30.1. The van der Waals surface area contributed by atoms with Gasteiger partial charge in [-0.05, 0) is 72.7 Å². The molecule has 0 saturated carbocycles. The predicted octanol–water partition coefficient (Wildman–Crippen LogP) is 1.38. The van der Waals surface area contributed by atoms with Gasteiger partial charge < -0.3 is 32.5 Å². The number of hydrogen-bond donors (Lipinski definition) is 6. The minimum Gasteiger partial charge on any atom is -0.508 e. The number of amides is 4. The van der Waals surface area contributed by atoms with Crippen molar-refractivity contribution in [1.29, 1.82) is 0 Å². The van der Waals surface area contributed by atoms with E-state index in [-0.39, 0.29) is 25.1 Å². The Kier molecular flexibility index (Phi) is 10.6. The summed E-state index contributed by atoms with van der Waals surface area (Å²) in [6, 6.07) is 17.3. The molecule has 0 bridgehead atoms. The molecule has 3 aromatic rings. The number of benzene rings is 3. The highest BCUT2D eigenvalue weighted by molar-refractivity contribution is 5.94. The summed E-state index contributed by atoms with van der Waals surface area (Å²) in [6.45, 7) is 4.75. The Balaban J connectivity index is 1.73. The fourth-order valence-corrected chi connectivity index (χ4v) is 4.61. The monoisotopic (exact) mass is 559 g/mol. The minimum absolute atomic E-state index is 0.126. The first kappa shape index (κ1) is 30.8. The quantitative estimate of drug-likeness (QED) is 0.195. The van der Waals surface area contributed by atoms with Crippen molar-refractivity contribution in [2.45, 2.75) is 51.7 Å². The maximum absolute atomic E-state index is 13.1. The number of nitrogens with one attached hydrogen (secondary N) is 3. The van der Waals surface area contributed by atoms with Gasteiger partial charge in [0.15, 0.2) is 0 Å². The molecule has 0 fully saturated rings. The van der Waals surface area contributed by atoms with Crippen LogP contribution in [0.3, 0.4) is 0 Å². The standard InChI is InChI=1S/C31H37N5O5/c1-18-13-23(37)14-19(2)25(18)16-26(32)30(40)35-20(3)29(39)36-27(31(41)34-17-28(33)38)15-22-11-7-8-12-24(22)21-9-5-4-6-10-21/h4-14,20,26-27,37H,15-17,32H2,1-3H3,(H2,33,38)(H,34,41)(H,35,40)(H,36,39)/t20-,26+,27+/m1/s1. The third-order valence-electron chi connectivity index (χ3n) is 6.79. The number of hydrogen-bond acceptors (Lipinski definition) is 6. The summed E-state index contributed by atoms with van der Waals surface area (Å²) in [5.74, 6) is -2.31. The van der Waals surface area contributed by atoms with Crippen molar-refractivity contribution in [2.24, 2.45) is 11.5 Å². The average Bonchev–Trinajstić information content (AvgIpc) is 2.93. The summed E-state index contributed by atoms with van der Waals surface area (Å²) in [5, 5.41) is 17.5. The molecule has 0 aliphatic carbocycles. The maximum atomic E-state index is 13.1. The number of nitrogens with two attached hydrogens (primary N) is 2. The van der Waals surface area contributed by atoms with Crippen LogP contribution < -0.4 is 27.4 Å². The van der Waals surface area contributed by atoms with E-state index in [0.717, 1.165) is 33.4 Å². The number of aromatic hydroxyl groups is 1. The van der Waals surface area contributed by atoms with Gasteiger partial charge in [-0.3, -0.25) is 19.2 Å². The van der Waals surface area contributed by atoms with Crippen molar-refractivity contribution in [3.63, 3.8) is 0 Å². The van der Waals surface area contributed by atoms with Crippen molar-refractivity contribution in [2.75, 3.05) is 6.54 Å². The molecule has 0 unspecified atom stereocenters. The van der Waals surface area contributed by atoms with E-state index in [1.807, 2.05) is 68.4 Å². The molecule has 0 saturated heterocycles. The Bertz CT molecular complexity index is 1390. The molecule has 0 aliphatic heterocycles. The zero-order valence-electron chi connectivity index (χ0n) is 23.4. The van der Waals surface area contributed by atoms with Gasteiger partial charge in [-0.2, -0.15) is 0 Å². The van der Waals surface area contributed by atoms with Gasteiger partial charge >= 0.3 is 0 Å². The SMILES string of the molecule is Cc1cc(O)cc(C)c1C[C@H](N)C(=O)N[C@H](C)C(=O)N[C@@H](Cc1ccccc1-c1ccccc1)C(=O)NCC(N)=O. The summed E-state index contributed by atoms with van der Waals surface area (Å²) < 4.78 is 0. The first-order valence-electron chi connectivity index (χ1n) is 13.3. The van der Waals surface area contributed by atoms with E-state index in [0.29, 0.717) is 0 Å². The van der Waals surface area contributed by atoms with Gasteiger partial charge in [0.2, 0.25) is 23.6 Å². The van der Waals surface area contributed by atoms with Crippen LogP contribution in [0, 0.1) is 13.8 Å². The van der Waals surface area contributed by atoms with E-state index in [9.17, 15) is 24.3 Å². The zero-order valence-corrected chi connectivity index (χ0v) is 23.4. The molecule has 10 heteroatoms. The van der Waals surface area contributed by atoms with Crippen molar-refractivity contribution in [3.05, 3.63) is 89.0 Å². The van der Waals surface area contributed by atoms with Crippen molar-refractivity contribution in [3.8, 4) is 16.9 Å². The van der Waals surface area contributed by atoms with Gasteiger partial charge in [0.1, 0.15) is 17.8 Å². The number of phenolic OH excluding ortho intramolecular Hbond substituents is 1. The Hall–Kier alpha value is -4.70. The maximum Gasteiger partial charge on any atom is 0.243 e. The van der Waals surface area contributed by atoms with Crippen molar-refractivity contribution in [1.82, 2.24) is 16.0 Å².